The predicted octanol–water partition coefficient (Wildman–Crippen LogP) is 2.20. The first kappa shape index (κ1) is 11.9. The van der Waals surface area contributed by atoms with Crippen molar-refractivity contribution in [2.75, 3.05) is 11.5 Å². The van der Waals surface area contributed by atoms with Gasteiger partial charge in [-0.05, 0) is 36.7 Å². The standard InChI is InChI=1S/C11H18N2O2S/c1-2-9(14)11-12-10(15-13-11)7-8-3-5-16-6-4-8/h8-9,14H,2-7H2,1H3. The molecule has 4 nitrogen and oxygen atoms in total. The Balaban J connectivity index is 1.91. The van der Waals surface area contributed by atoms with Crippen LogP contribution in [-0.4, -0.2) is 26.8 Å². The maximum absolute atomic E-state index is 9.56. The molecule has 1 unspecified atom stereocenters. The number of hydrogen-bond donors (Lipinski definition) is 1. The van der Waals surface area contributed by atoms with Crippen LogP contribution >= 0.6 is 11.8 Å². The Morgan fingerprint density at radius 3 is 2.94 bits per heavy atom. The van der Waals surface area contributed by atoms with Crippen LogP contribution < -0.4 is 0 Å². The van der Waals surface area contributed by atoms with Crippen LogP contribution in [0.15, 0.2) is 4.52 Å². The van der Waals surface area contributed by atoms with Crippen molar-refractivity contribution in [3.63, 3.8) is 0 Å². The van der Waals surface area contributed by atoms with Gasteiger partial charge < -0.3 is 9.63 Å². The Kier molecular flexibility index (Phi) is 4.23. The SMILES string of the molecule is CCC(O)c1noc(CC2CCSCC2)n1. The average Bonchev–Trinajstić information content (AvgIpc) is 2.78. The molecule has 1 saturated heterocycles. The fraction of sp³-hybridized carbons (Fsp3) is 0.818. The average molecular weight is 242 g/mol. The van der Waals surface area contributed by atoms with Crippen LogP contribution in [0.4, 0.5) is 0 Å². The first-order valence-corrected chi connectivity index (χ1v) is 7.03. The van der Waals surface area contributed by atoms with Gasteiger partial charge >= 0.3 is 0 Å². The lowest BCUT2D eigenvalue weighted by Gasteiger charge is -2.19. The van der Waals surface area contributed by atoms with Crippen molar-refractivity contribution in [3.05, 3.63) is 11.7 Å². The number of aliphatic hydroxyl groups is 1. The summed E-state index contributed by atoms with van der Waals surface area (Å²) in [6.45, 7) is 1.90. The molecule has 5 heteroatoms. The van der Waals surface area contributed by atoms with Crippen LogP contribution in [0.5, 0.6) is 0 Å². The van der Waals surface area contributed by atoms with E-state index in [2.05, 4.69) is 10.1 Å². The molecule has 0 bridgehead atoms. The van der Waals surface area contributed by atoms with Crippen molar-refractivity contribution < 1.29 is 9.63 Å². The van der Waals surface area contributed by atoms with E-state index < -0.39 is 6.10 Å². The lowest BCUT2D eigenvalue weighted by atomic mass is 9.99. The van der Waals surface area contributed by atoms with Gasteiger partial charge in [0.2, 0.25) is 5.89 Å². The van der Waals surface area contributed by atoms with Gasteiger partial charge in [0.05, 0.1) is 0 Å². The van der Waals surface area contributed by atoms with Gasteiger partial charge in [-0.1, -0.05) is 12.1 Å². The lowest BCUT2D eigenvalue weighted by molar-refractivity contribution is 0.159. The largest absolute Gasteiger partial charge is 0.385 e. The van der Waals surface area contributed by atoms with E-state index in [1.807, 2.05) is 18.7 Å². The molecule has 0 aromatic carbocycles. The molecule has 2 heterocycles. The van der Waals surface area contributed by atoms with Gasteiger partial charge in [0.15, 0.2) is 5.82 Å². The summed E-state index contributed by atoms with van der Waals surface area (Å²) >= 11 is 2.02. The van der Waals surface area contributed by atoms with E-state index in [1.54, 1.807) is 0 Å². The second-order valence-corrected chi connectivity index (χ2v) is 5.45. The number of thioether (sulfide) groups is 1. The van der Waals surface area contributed by atoms with E-state index in [0.717, 1.165) is 6.42 Å². The Morgan fingerprint density at radius 1 is 1.50 bits per heavy atom. The molecule has 0 aliphatic carbocycles. The van der Waals surface area contributed by atoms with E-state index in [0.29, 0.717) is 24.1 Å². The van der Waals surface area contributed by atoms with Crippen molar-refractivity contribution in [1.82, 2.24) is 10.1 Å². The quantitative estimate of drug-likeness (QED) is 0.877. The Bertz CT molecular complexity index is 324. The molecule has 0 amide bonds. The van der Waals surface area contributed by atoms with Crippen LogP contribution in [0.1, 0.15) is 44.0 Å². The molecular formula is C11H18N2O2S. The zero-order valence-corrected chi connectivity index (χ0v) is 10.4. The zero-order valence-electron chi connectivity index (χ0n) is 9.56. The molecule has 1 N–H and O–H groups in total. The van der Waals surface area contributed by atoms with Crippen molar-refractivity contribution in [2.24, 2.45) is 5.92 Å². The van der Waals surface area contributed by atoms with Crippen molar-refractivity contribution in [1.29, 1.82) is 0 Å². The fourth-order valence-corrected chi connectivity index (χ4v) is 3.07. The molecule has 0 radical (unpaired) electrons. The summed E-state index contributed by atoms with van der Waals surface area (Å²) in [5.74, 6) is 4.27. The summed E-state index contributed by atoms with van der Waals surface area (Å²) in [6.07, 6.45) is 3.37. The van der Waals surface area contributed by atoms with Crippen LogP contribution in [0.2, 0.25) is 0 Å². The minimum atomic E-state index is -0.584. The highest BCUT2D eigenvalue weighted by atomic mass is 32.2. The molecule has 1 aliphatic rings. The molecule has 0 saturated carbocycles. The van der Waals surface area contributed by atoms with Crippen LogP contribution in [0, 0.1) is 5.92 Å². The van der Waals surface area contributed by atoms with Crippen molar-refractivity contribution in [3.8, 4) is 0 Å². The molecule has 1 fully saturated rings. The minimum Gasteiger partial charge on any atom is -0.385 e. The molecule has 90 valence electrons. The molecular weight excluding hydrogens is 224 g/mol. The summed E-state index contributed by atoms with van der Waals surface area (Å²) < 4.78 is 5.16. The number of hydrogen-bond acceptors (Lipinski definition) is 5. The maximum Gasteiger partial charge on any atom is 0.227 e. The number of nitrogens with zero attached hydrogens (tertiary/aromatic N) is 2. The normalized spacial score (nSPS) is 19.9. The summed E-state index contributed by atoms with van der Waals surface area (Å²) in [5.41, 5.74) is 0. The predicted molar refractivity (Wildman–Crippen MR) is 63.3 cm³/mol. The van der Waals surface area contributed by atoms with Gasteiger partial charge in [-0.25, -0.2) is 0 Å². The molecule has 0 spiro atoms. The van der Waals surface area contributed by atoms with Gasteiger partial charge in [-0.3, -0.25) is 0 Å². The minimum absolute atomic E-state index is 0.433. The van der Waals surface area contributed by atoms with E-state index in [4.69, 9.17) is 4.52 Å². The second-order valence-electron chi connectivity index (χ2n) is 4.23. The Hall–Kier alpha value is -0.550. The number of aliphatic hydroxyl groups excluding tert-OH is 1. The van der Waals surface area contributed by atoms with Crippen LogP contribution in [0.3, 0.4) is 0 Å². The molecule has 1 aromatic rings. The second kappa shape index (κ2) is 5.68. The molecule has 1 atom stereocenters. The first-order valence-electron chi connectivity index (χ1n) is 5.88. The van der Waals surface area contributed by atoms with Gasteiger partial charge in [0, 0.05) is 6.42 Å². The number of aromatic nitrogens is 2. The Labute approximate surface area is 99.8 Å². The van der Waals surface area contributed by atoms with E-state index >= 15 is 0 Å². The highest BCUT2D eigenvalue weighted by Crippen LogP contribution is 2.25. The lowest BCUT2D eigenvalue weighted by Crippen LogP contribution is -2.12. The fourth-order valence-electron chi connectivity index (χ4n) is 1.87. The molecule has 2 rings (SSSR count). The molecule has 1 aromatic heterocycles. The topological polar surface area (TPSA) is 59.2 Å². The van der Waals surface area contributed by atoms with E-state index in [9.17, 15) is 5.11 Å². The number of rotatable bonds is 4. The summed E-state index contributed by atoms with van der Waals surface area (Å²) in [4.78, 5) is 4.24. The van der Waals surface area contributed by atoms with E-state index in [1.165, 1.54) is 24.3 Å². The Morgan fingerprint density at radius 2 is 2.25 bits per heavy atom. The highest BCUT2D eigenvalue weighted by Gasteiger charge is 2.19. The zero-order chi connectivity index (χ0) is 11.4. The smallest absolute Gasteiger partial charge is 0.227 e. The van der Waals surface area contributed by atoms with Crippen LogP contribution in [0.25, 0.3) is 0 Å². The third-order valence-corrected chi connectivity index (χ3v) is 4.02. The van der Waals surface area contributed by atoms with Crippen molar-refractivity contribution >= 4 is 11.8 Å². The van der Waals surface area contributed by atoms with Gasteiger partial charge in [0.1, 0.15) is 6.10 Å². The summed E-state index contributed by atoms with van der Waals surface area (Å²) in [7, 11) is 0. The first-order chi connectivity index (χ1) is 7.79. The van der Waals surface area contributed by atoms with E-state index in [-0.39, 0.29) is 0 Å². The van der Waals surface area contributed by atoms with Gasteiger partial charge in [-0.15, -0.1) is 0 Å². The molecule has 1 aliphatic heterocycles. The van der Waals surface area contributed by atoms with Gasteiger partial charge in [-0.2, -0.15) is 16.7 Å². The van der Waals surface area contributed by atoms with Crippen LogP contribution in [-0.2, 0) is 6.42 Å². The molecule has 16 heavy (non-hydrogen) atoms. The third-order valence-electron chi connectivity index (χ3n) is 2.97. The maximum atomic E-state index is 9.56. The highest BCUT2D eigenvalue weighted by molar-refractivity contribution is 7.99. The van der Waals surface area contributed by atoms with Gasteiger partial charge in [0.25, 0.3) is 0 Å². The summed E-state index contributed by atoms with van der Waals surface area (Å²) in [5, 5.41) is 13.4. The monoisotopic (exact) mass is 242 g/mol. The van der Waals surface area contributed by atoms with Crippen molar-refractivity contribution in [2.45, 2.75) is 38.7 Å². The summed E-state index contributed by atoms with van der Waals surface area (Å²) in [6, 6.07) is 0. The third kappa shape index (κ3) is 2.98.